The van der Waals surface area contributed by atoms with Crippen LogP contribution >= 0.6 is 0 Å². The summed E-state index contributed by atoms with van der Waals surface area (Å²) in [6.45, 7) is 7.60. The molecule has 0 bridgehead atoms. The summed E-state index contributed by atoms with van der Waals surface area (Å²) in [7, 11) is 0. The average Bonchev–Trinajstić information content (AvgIpc) is 1.98. The molecule has 2 atom stereocenters. The number of rotatable bonds is 2. The van der Waals surface area contributed by atoms with Crippen LogP contribution < -0.4 is 5.32 Å². The van der Waals surface area contributed by atoms with Crippen LogP contribution in [0.5, 0.6) is 0 Å². The lowest BCUT2D eigenvalue weighted by atomic mass is 10.1. The number of hydrogen-bond donors (Lipinski definition) is 1. The molecule has 0 aromatic carbocycles. The zero-order valence-corrected chi connectivity index (χ0v) is 7.72. The molecule has 1 rings (SSSR count). The normalized spacial score (nSPS) is 31.7. The van der Waals surface area contributed by atoms with Gasteiger partial charge in [-0.25, -0.2) is 0 Å². The van der Waals surface area contributed by atoms with E-state index >= 15 is 0 Å². The van der Waals surface area contributed by atoms with Gasteiger partial charge in [0.25, 0.3) is 0 Å². The molecular formula is C9H18N2. The van der Waals surface area contributed by atoms with Gasteiger partial charge >= 0.3 is 0 Å². The van der Waals surface area contributed by atoms with Gasteiger partial charge in [0, 0.05) is 18.3 Å². The third kappa shape index (κ3) is 2.29. The van der Waals surface area contributed by atoms with Crippen LogP contribution in [0.1, 0.15) is 33.6 Å². The molecule has 1 N–H and O–H groups in total. The maximum Gasteiger partial charge on any atom is 0.0596 e. The van der Waals surface area contributed by atoms with Crippen LogP contribution in [0.3, 0.4) is 0 Å². The van der Waals surface area contributed by atoms with E-state index in [9.17, 15) is 0 Å². The van der Waals surface area contributed by atoms with E-state index in [0.29, 0.717) is 12.1 Å². The predicted octanol–water partition coefficient (Wildman–Crippen LogP) is 1.61. The van der Waals surface area contributed by atoms with E-state index in [1.165, 1.54) is 12.1 Å². The van der Waals surface area contributed by atoms with E-state index in [0.717, 1.165) is 13.0 Å². The highest BCUT2D eigenvalue weighted by Gasteiger charge is 2.16. The summed E-state index contributed by atoms with van der Waals surface area (Å²) >= 11 is 0. The van der Waals surface area contributed by atoms with E-state index in [4.69, 9.17) is 0 Å². The maximum atomic E-state index is 4.61. The molecule has 1 heterocycles. The molecule has 2 nitrogen and oxygen atoms in total. The molecule has 0 saturated heterocycles. The van der Waals surface area contributed by atoms with Crippen molar-refractivity contribution in [3.05, 3.63) is 0 Å². The summed E-state index contributed by atoms with van der Waals surface area (Å²) in [6, 6.07) is 0.985. The molecule has 2 heteroatoms. The number of nitrogens with one attached hydrogen (secondary N) is 1. The van der Waals surface area contributed by atoms with E-state index in [1.54, 1.807) is 0 Å². The average molecular weight is 154 g/mol. The lowest BCUT2D eigenvalue weighted by molar-refractivity contribution is 0.548. The Morgan fingerprint density at radius 2 is 2.27 bits per heavy atom. The molecular weight excluding hydrogens is 136 g/mol. The fraction of sp³-hybridized carbons (Fsp3) is 0.889. The molecule has 0 aromatic heterocycles. The zero-order valence-electron chi connectivity index (χ0n) is 7.72. The van der Waals surface area contributed by atoms with E-state index in [1.807, 2.05) is 0 Å². The van der Waals surface area contributed by atoms with Crippen molar-refractivity contribution in [3.63, 3.8) is 0 Å². The van der Waals surface area contributed by atoms with Crippen LogP contribution in [0.15, 0.2) is 4.99 Å². The third-order valence-corrected chi connectivity index (χ3v) is 2.11. The minimum absolute atomic E-state index is 0.479. The molecule has 0 amide bonds. The van der Waals surface area contributed by atoms with Gasteiger partial charge in [-0.1, -0.05) is 13.3 Å². The van der Waals surface area contributed by atoms with Gasteiger partial charge in [0.2, 0.25) is 0 Å². The van der Waals surface area contributed by atoms with Gasteiger partial charge in [-0.05, 0) is 20.3 Å². The summed E-state index contributed by atoms with van der Waals surface area (Å²) in [4.78, 5) is 4.61. The van der Waals surface area contributed by atoms with Gasteiger partial charge < -0.3 is 5.32 Å². The van der Waals surface area contributed by atoms with Crippen molar-refractivity contribution in [1.82, 2.24) is 5.32 Å². The maximum absolute atomic E-state index is 4.61. The Labute approximate surface area is 69.1 Å². The van der Waals surface area contributed by atoms with Crippen molar-refractivity contribution >= 4 is 5.71 Å². The minimum atomic E-state index is 0.479. The lowest BCUT2D eigenvalue weighted by Gasteiger charge is -2.24. The topological polar surface area (TPSA) is 24.4 Å². The third-order valence-electron chi connectivity index (χ3n) is 2.11. The van der Waals surface area contributed by atoms with Gasteiger partial charge in [0.05, 0.1) is 6.04 Å². The Hall–Kier alpha value is -0.370. The van der Waals surface area contributed by atoms with E-state index in [-0.39, 0.29) is 0 Å². The molecule has 0 radical (unpaired) electrons. The standard InChI is InChI=1S/C9H18N2/c1-4-5-9-8(3)10-6-7(2)11-9/h7-8,10H,4-6H2,1-3H3/t7-,8-/m0/s1. The van der Waals surface area contributed by atoms with Gasteiger partial charge in [-0.15, -0.1) is 0 Å². The quantitative estimate of drug-likeness (QED) is 0.642. The molecule has 1 aliphatic heterocycles. The smallest absolute Gasteiger partial charge is 0.0596 e. The van der Waals surface area contributed by atoms with Crippen molar-refractivity contribution in [3.8, 4) is 0 Å². The lowest BCUT2D eigenvalue weighted by Crippen LogP contribution is -2.42. The van der Waals surface area contributed by atoms with Crippen LogP contribution in [-0.2, 0) is 0 Å². The van der Waals surface area contributed by atoms with Gasteiger partial charge in [0.1, 0.15) is 0 Å². The summed E-state index contributed by atoms with van der Waals surface area (Å²) in [5.41, 5.74) is 1.35. The number of hydrogen-bond acceptors (Lipinski definition) is 2. The first-order valence-corrected chi connectivity index (χ1v) is 4.54. The van der Waals surface area contributed by atoms with Crippen LogP contribution in [-0.4, -0.2) is 24.3 Å². The highest BCUT2D eigenvalue weighted by atomic mass is 15.0. The van der Waals surface area contributed by atoms with Crippen molar-refractivity contribution in [1.29, 1.82) is 0 Å². The second kappa shape index (κ2) is 3.86. The molecule has 0 unspecified atom stereocenters. The Morgan fingerprint density at radius 1 is 1.55 bits per heavy atom. The van der Waals surface area contributed by atoms with Gasteiger partial charge in [0.15, 0.2) is 0 Å². The van der Waals surface area contributed by atoms with Gasteiger partial charge in [-0.2, -0.15) is 0 Å². The number of nitrogens with zero attached hydrogens (tertiary/aromatic N) is 1. The van der Waals surface area contributed by atoms with E-state index in [2.05, 4.69) is 31.1 Å². The van der Waals surface area contributed by atoms with Crippen LogP contribution in [0, 0.1) is 0 Å². The largest absolute Gasteiger partial charge is 0.307 e. The Morgan fingerprint density at radius 3 is 2.91 bits per heavy atom. The van der Waals surface area contributed by atoms with Crippen molar-refractivity contribution in [2.24, 2.45) is 4.99 Å². The monoisotopic (exact) mass is 154 g/mol. The number of aliphatic imine (C=N–C) groups is 1. The second-order valence-corrected chi connectivity index (χ2v) is 3.35. The highest BCUT2D eigenvalue weighted by Crippen LogP contribution is 2.06. The molecule has 0 aliphatic carbocycles. The van der Waals surface area contributed by atoms with Crippen molar-refractivity contribution in [2.45, 2.75) is 45.7 Å². The fourth-order valence-corrected chi connectivity index (χ4v) is 1.44. The second-order valence-electron chi connectivity index (χ2n) is 3.35. The van der Waals surface area contributed by atoms with Crippen LogP contribution in [0.4, 0.5) is 0 Å². The molecule has 0 saturated carbocycles. The molecule has 11 heavy (non-hydrogen) atoms. The Kier molecular flexibility index (Phi) is 3.06. The molecule has 64 valence electrons. The van der Waals surface area contributed by atoms with Crippen molar-refractivity contribution in [2.75, 3.05) is 6.54 Å². The minimum Gasteiger partial charge on any atom is -0.307 e. The molecule has 0 aromatic rings. The SMILES string of the molecule is CCCC1=N[C@@H](C)CN[C@H]1C. The summed E-state index contributed by atoms with van der Waals surface area (Å²) < 4.78 is 0. The first-order valence-electron chi connectivity index (χ1n) is 4.54. The molecule has 0 spiro atoms. The fourth-order valence-electron chi connectivity index (χ4n) is 1.44. The zero-order chi connectivity index (χ0) is 8.27. The summed E-state index contributed by atoms with van der Waals surface area (Å²) in [5, 5.41) is 3.44. The van der Waals surface area contributed by atoms with Gasteiger partial charge in [-0.3, -0.25) is 4.99 Å². The molecule has 1 aliphatic rings. The highest BCUT2D eigenvalue weighted by molar-refractivity contribution is 5.89. The molecule has 0 fully saturated rings. The summed E-state index contributed by atoms with van der Waals surface area (Å²) in [5.74, 6) is 0. The van der Waals surface area contributed by atoms with E-state index < -0.39 is 0 Å². The summed E-state index contributed by atoms with van der Waals surface area (Å²) in [6.07, 6.45) is 2.36. The van der Waals surface area contributed by atoms with Crippen molar-refractivity contribution < 1.29 is 0 Å². The van der Waals surface area contributed by atoms with Crippen LogP contribution in [0.25, 0.3) is 0 Å². The Bertz CT molecular complexity index is 152. The first kappa shape index (κ1) is 8.72. The van der Waals surface area contributed by atoms with Crippen LogP contribution in [0.2, 0.25) is 0 Å². The first-order chi connectivity index (χ1) is 5.24. The Balaban J connectivity index is 2.56. The predicted molar refractivity (Wildman–Crippen MR) is 49.3 cm³/mol.